The number of nitrogens with zero attached hydrogens (tertiary/aromatic N) is 2. The lowest BCUT2D eigenvalue weighted by atomic mass is 9.90. The van der Waals surface area contributed by atoms with Crippen LogP contribution in [-0.2, 0) is 15.3 Å². The number of guanidine groups is 1. The number of hydrogen-bond acceptors (Lipinski definition) is 7. The van der Waals surface area contributed by atoms with E-state index in [4.69, 9.17) is 5.73 Å². The maximum atomic E-state index is 12.5. The van der Waals surface area contributed by atoms with Crippen LogP contribution in [0.25, 0.3) is 22.4 Å². The van der Waals surface area contributed by atoms with Gasteiger partial charge >= 0.3 is 12.1 Å². The highest BCUT2D eigenvalue weighted by molar-refractivity contribution is 5.98. The molecule has 0 saturated heterocycles. The van der Waals surface area contributed by atoms with Gasteiger partial charge in [0.05, 0.1) is 5.69 Å². The van der Waals surface area contributed by atoms with E-state index in [9.17, 15) is 18.0 Å². The van der Waals surface area contributed by atoms with Gasteiger partial charge in [0.15, 0.2) is 0 Å². The number of hydrogen-bond donors (Lipinski definition) is 3. The number of aliphatic imine (C=N–C) groups is 1. The lowest BCUT2D eigenvalue weighted by Crippen LogP contribution is -2.45. The van der Waals surface area contributed by atoms with E-state index in [1.807, 2.05) is 72.2 Å². The van der Waals surface area contributed by atoms with Gasteiger partial charge in [-0.2, -0.15) is 18.7 Å². The second-order valence-electron chi connectivity index (χ2n) is 7.23. The topological polar surface area (TPSA) is 102 Å². The fourth-order valence-electron chi connectivity index (χ4n) is 3.38. The number of hydroxylamine groups is 1. The summed E-state index contributed by atoms with van der Waals surface area (Å²) in [6.45, 7) is 1.58. The van der Waals surface area contributed by atoms with Crippen molar-refractivity contribution in [2.45, 2.75) is 18.8 Å². The van der Waals surface area contributed by atoms with E-state index in [0.29, 0.717) is 11.3 Å². The monoisotopic (exact) mass is 441 g/mol. The zero-order valence-electron chi connectivity index (χ0n) is 16.8. The van der Waals surface area contributed by atoms with Gasteiger partial charge in [0.2, 0.25) is 5.96 Å². The van der Waals surface area contributed by atoms with Gasteiger partial charge in [0, 0.05) is 11.1 Å². The minimum absolute atomic E-state index is 0.274. The molecule has 1 aromatic heterocycles. The van der Waals surface area contributed by atoms with Gasteiger partial charge < -0.3 is 15.9 Å². The molecule has 10 heteroatoms. The Hall–Kier alpha value is -3.92. The number of fused-ring (bicyclic) bond motifs is 1. The first kappa shape index (κ1) is 21.3. The number of nitrogens with two attached hydrogens (primary N) is 1. The van der Waals surface area contributed by atoms with Crippen LogP contribution in [0.1, 0.15) is 12.5 Å². The van der Waals surface area contributed by atoms with Crippen molar-refractivity contribution >= 4 is 17.7 Å². The van der Waals surface area contributed by atoms with E-state index in [1.54, 1.807) is 6.92 Å². The van der Waals surface area contributed by atoms with E-state index in [-0.39, 0.29) is 11.8 Å². The summed E-state index contributed by atoms with van der Waals surface area (Å²) in [5.41, 5.74) is 10.5. The summed E-state index contributed by atoms with van der Waals surface area (Å²) in [7, 11) is 0. The molecular formula is C22H18F3N5O2. The van der Waals surface area contributed by atoms with Crippen LogP contribution in [0.15, 0.2) is 71.7 Å². The van der Waals surface area contributed by atoms with Crippen LogP contribution in [0, 0.1) is 0 Å². The molecule has 32 heavy (non-hydrogen) atoms. The largest absolute Gasteiger partial charge is 0.493 e. The van der Waals surface area contributed by atoms with Gasteiger partial charge in [0.1, 0.15) is 11.5 Å². The summed E-state index contributed by atoms with van der Waals surface area (Å²) in [5, 5.41) is 2.78. The molecule has 0 saturated carbocycles. The van der Waals surface area contributed by atoms with Crippen molar-refractivity contribution in [2.24, 2.45) is 10.7 Å². The Balaban J connectivity index is 1.79. The van der Waals surface area contributed by atoms with Gasteiger partial charge in [-0.3, -0.25) is 0 Å². The maximum Gasteiger partial charge on any atom is 0.493 e. The number of pyridine rings is 1. The van der Waals surface area contributed by atoms with Crippen LogP contribution in [0.4, 0.5) is 19.0 Å². The van der Waals surface area contributed by atoms with Crippen molar-refractivity contribution in [1.29, 1.82) is 0 Å². The predicted molar refractivity (Wildman–Crippen MR) is 113 cm³/mol. The molecule has 0 amide bonds. The van der Waals surface area contributed by atoms with Crippen molar-refractivity contribution in [3.8, 4) is 22.4 Å². The average Bonchev–Trinajstić information content (AvgIpc) is 2.76. The highest BCUT2D eigenvalue weighted by Gasteiger charge is 2.42. The predicted octanol–water partition coefficient (Wildman–Crippen LogP) is 3.94. The molecule has 1 aliphatic rings. The van der Waals surface area contributed by atoms with Crippen LogP contribution >= 0.6 is 0 Å². The number of alkyl halides is 3. The van der Waals surface area contributed by atoms with Gasteiger partial charge in [-0.15, -0.1) is 0 Å². The first-order valence-corrected chi connectivity index (χ1v) is 9.51. The summed E-state index contributed by atoms with van der Waals surface area (Å²) >= 11 is 0. The Morgan fingerprint density at radius 2 is 1.66 bits per heavy atom. The zero-order valence-corrected chi connectivity index (χ0v) is 16.8. The maximum absolute atomic E-state index is 12.5. The van der Waals surface area contributed by atoms with E-state index < -0.39 is 17.8 Å². The molecule has 0 fully saturated rings. The normalized spacial score (nSPS) is 17.6. The third-order valence-corrected chi connectivity index (χ3v) is 4.73. The number of nitrogens with one attached hydrogen (secondary N) is 2. The molecule has 0 radical (unpaired) electrons. The second kappa shape index (κ2) is 7.97. The van der Waals surface area contributed by atoms with Gasteiger partial charge in [-0.25, -0.2) is 14.8 Å². The summed E-state index contributed by atoms with van der Waals surface area (Å²) in [6, 6.07) is 20.7. The number of benzene rings is 2. The fourth-order valence-corrected chi connectivity index (χ4v) is 3.38. The number of aromatic nitrogens is 1. The number of rotatable bonds is 2. The molecule has 2 aromatic carbocycles. The quantitative estimate of drug-likeness (QED) is 0.521. The van der Waals surface area contributed by atoms with Crippen molar-refractivity contribution in [1.82, 2.24) is 10.5 Å². The number of carbonyl (C=O) groups is 1. The molecule has 2 heterocycles. The van der Waals surface area contributed by atoms with E-state index in [1.165, 1.54) is 0 Å². The molecule has 3 aromatic rings. The van der Waals surface area contributed by atoms with Crippen molar-refractivity contribution in [3.63, 3.8) is 0 Å². The first-order valence-electron chi connectivity index (χ1n) is 9.51. The van der Waals surface area contributed by atoms with E-state index in [2.05, 4.69) is 20.1 Å². The Bertz CT molecular complexity index is 1180. The van der Waals surface area contributed by atoms with Crippen molar-refractivity contribution < 1.29 is 22.8 Å². The summed E-state index contributed by atoms with van der Waals surface area (Å²) in [6.07, 6.45) is -5.16. The minimum atomic E-state index is -5.16. The molecule has 0 bridgehead atoms. The molecule has 1 unspecified atom stereocenters. The molecule has 7 nitrogen and oxygen atoms in total. The standard InChI is InChI=1S/C22H18F3N5O2/c1-21(26)17-15(13-8-4-2-5-9-13)12-16(14-10-6-3-7-11-14)27-18(17)28-20(29-21)30-32-19(31)22(23,24)25/h2-12H,26H2,1H3,(H2,27,28,29,30). The van der Waals surface area contributed by atoms with Gasteiger partial charge in [-0.1, -0.05) is 60.7 Å². The Morgan fingerprint density at radius 1 is 1.06 bits per heavy atom. The highest BCUT2D eigenvalue weighted by atomic mass is 19.4. The molecule has 4 rings (SSSR count). The number of halogens is 3. The molecule has 0 aliphatic carbocycles. The van der Waals surface area contributed by atoms with Crippen LogP contribution in [0.3, 0.4) is 0 Å². The van der Waals surface area contributed by atoms with Gasteiger partial charge in [-0.05, 0) is 24.1 Å². The Kier molecular flexibility index (Phi) is 5.31. The first-order chi connectivity index (χ1) is 15.1. The van der Waals surface area contributed by atoms with Crippen molar-refractivity contribution in [2.75, 3.05) is 5.32 Å². The third kappa shape index (κ3) is 4.26. The van der Waals surface area contributed by atoms with E-state index in [0.717, 1.165) is 16.7 Å². The van der Waals surface area contributed by atoms with E-state index >= 15 is 0 Å². The molecule has 1 aliphatic heterocycles. The fraction of sp³-hybridized carbons (Fsp3) is 0.136. The Morgan fingerprint density at radius 3 is 2.25 bits per heavy atom. The van der Waals surface area contributed by atoms with Crippen LogP contribution in [0.5, 0.6) is 0 Å². The number of carbonyl (C=O) groups excluding carboxylic acids is 1. The SMILES string of the molecule is CC1(N)N=C(NOC(=O)C(F)(F)F)Nc2nc(-c3ccccc3)cc(-c3ccccc3)c21. The third-order valence-electron chi connectivity index (χ3n) is 4.73. The second-order valence-corrected chi connectivity index (χ2v) is 7.23. The molecule has 164 valence electrons. The highest BCUT2D eigenvalue weighted by Crippen LogP contribution is 2.40. The summed E-state index contributed by atoms with van der Waals surface area (Å²) in [4.78, 5) is 23.9. The number of anilines is 1. The van der Waals surface area contributed by atoms with Crippen LogP contribution < -0.4 is 16.5 Å². The average molecular weight is 441 g/mol. The van der Waals surface area contributed by atoms with Crippen molar-refractivity contribution in [3.05, 3.63) is 72.3 Å². The summed E-state index contributed by atoms with van der Waals surface area (Å²) < 4.78 is 37.4. The zero-order chi connectivity index (χ0) is 22.9. The lowest BCUT2D eigenvalue weighted by Gasteiger charge is -2.32. The lowest BCUT2D eigenvalue weighted by molar-refractivity contribution is -0.203. The van der Waals surface area contributed by atoms with Gasteiger partial charge in [0.25, 0.3) is 0 Å². The smallest absolute Gasteiger partial charge is 0.332 e. The van der Waals surface area contributed by atoms with Crippen LogP contribution in [0.2, 0.25) is 0 Å². The molecule has 4 N–H and O–H groups in total. The molecular weight excluding hydrogens is 423 g/mol. The van der Waals surface area contributed by atoms with Crippen LogP contribution in [-0.4, -0.2) is 23.1 Å². The summed E-state index contributed by atoms with van der Waals surface area (Å²) in [5.74, 6) is -2.42. The molecule has 1 atom stereocenters. The minimum Gasteiger partial charge on any atom is -0.332 e. The Labute approximate surface area is 181 Å². The molecule has 0 spiro atoms.